The van der Waals surface area contributed by atoms with Crippen molar-refractivity contribution >= 4 is 23.0 Å². The van der Waals surface area contributed by atoms with Crippen molar-refractivity contribution in [2.75, 3.05) is 27.3 Å². The zero-order chi connectivity index (χ0) is 36.5. The number of aromatic nitrogens is 4. The van der Waals surface area contributed by atoms with E-state index in [-0.39, 0.29) is 29.8 Å². The minimum atomic E-state index is -0.593. The Balaban J connectivity index is 1.09. The van der Waals surface area contributed by atoms with E-state index in [1.54, 1.807) is 7.11 Å². The Labute approximate surface area is 306 Å². The second kappa shape index (κ2) is 15.5. The quantitative estimate of drug-likeness (QED) is 0.160. The molecule has 4 N–H and O–H groups in total. The lowest BCUT2D eigenvalue weighted by molar-refractivity contribution is -0.140. The molecule has 5 atom stereocenters. The molecule has 12 heteroatoms. The molecule has 3 aliphatic carbocycles. The van der Waals surface area contributed by atoms with Gasteiger partial charge in [0.2, 0.25) is 11.8 Å². The molecule has 278 valence electrons. The van der Waals surface area contributed by atoms with Gasteiger partial charge in [-0.05, 0) is 105 Å². The molecule has 2 amide bonds. The fourth-order valence-corrected chi connectivity index (χ4v) is 8.63. The molecular weight excluding hydrogens is 656 g/mol. The summed E-state index contributed by atoms with van der Waals surface area (Å²) in [6.07, 6.45) is 19.9. The Morgan fingerprint density at radius 1 is 0.923 bits per heavy atom. The van der Waals surface area contributed by atoms with E-state index >= 15 is 0 Å². The molecule has 52 heavy (non-hydrogen) atoms. The standard InChI is InChI=1S/C40H54N8O4/c1-23(2)34(45-51-5)39(49)47-17-9-15-32(47)37-41-22-31(43-37)27-13-7-11-25(19-27)28-20-26-12-8-14-30-36(29(26)21-28)44-38(42-30)33-16-10-18-48(33)40(50)35(24(3)4)46-52-6/h11,19-23,26,32-35,45-46H,3,7-10,12-18H2,1-2,4-6H3,(H,41,43)(H,42,44)/t26?,32-,33?,34-,35-/m0/s1. The van der Waals surface area contributed by atoms with E-state index in [0.29, 0.717) is 19.0 Å². The van der Waals surface area contributed by atoms with E-state index in [2.05, 4.69) is 51.8 Å². The summed E-state index contributed by atoms with van der Waals surface area (Å²) in [6.45, 7) is 11.3. The van der Waals surface area contributed by atoms with Gasteiger partial charge < -0.3 is 29.4 Å². The van der Waals surface area contributed by atoms with Crippen molar-refractivity contribution < 1.29 is 19.3 Å². The molecule has 0 radical (unpaired) electrons. The summed E-state index contributed by atoms with van der Waals surface area (Å²) in [6, 6.07) is -1.18. The summed E-state index contributed by atoms with van der Waals surface area (Å²) >= 11 is 0. The Kier molecular flexibility index (Phi) is 10.8. The van der Waals surface area contributed by atoms with Gasteiger partial charge in [0, 0.05) is 24.7 Å². The Morgan fingerprint density at radius 2 is 1.65 bits per heavy atom. The van der Waals surface area contributed by atoms with E-state index < -0.39 is 12.1 Å². The van der Waals surface area contributed by atoms with Crippen LogP contribution in [0.15, 0.2) is 53.8 Å². The molecule has 0 spiro atoms. The van der Waals surface area contributed by atoms with Crippen LogP contribution >= 0.6 is 0 Å². The van der Waals surface area contributed by atoms with Gasteiger partial charge in [-0.3, -0.25) is 9.59 Å². The normalized spacial score (nSPS) is 24.2. The van der Waals surface area contributed by atoms with E-state index in [1.807, 2.05) is 36.8 Å². The van der Waals surface area contributed by atoms with Crippen molar-refractivity contribution in [2.45, 2.75) is 103 Å². The number of aryl methyl sites for hydroxylation is 1. The van der Waals surface area contributed by atoms with Crippen molar-refractivity contribution in [3.05, 3.63) is 82.5 Å². The minimum absolute atomic E-state index is 0.0326. The number of carbonyl (C=O) groups is 2. The van der Waals surface area contributed by atoms with E-state index in [9.17, 15) is 9.59 Å². The molecule has 4 heterocycles. The number of hydrogen-bond acceptors (Lipinski definition) is 8. The van der Waals surface area contributed by atoms with Crippen LogP contribution in [0.25, 0.3) is 11.1 Å². The van der Waals surface area contributed by atoms with Gasteiger partial charge in [0.15, 0.2) is 0 Å². The summed E-state index contributed by atoms with van der Waals surface area (Å²) in [4.78, 5) is 58.6. The van der Waals surface area contributed by atoms with Gasteiger partial charge in [-0.1, -0.05) is 38.2 Å². The molecule has 0 bridgehead atoms. The number of nitrogens with zero attached hydrogens (tertiary/aromatic N) is 4. The third kappa shape index (κ3) is 7.01. The Morgan fingerprint density at radius 3 is 2.37 bits per heavy atom. The van der Waals surface area contributed by atoms with Gasteiger partial charge in [0.25, 0.3) is 0 Å². The number of fused-ring (bicyclic) bond motifs is 3. The van der Waals surface area contributed by atoms with Gasteiger partial charge in [0.05, 0.1) is 43.9 Å². The summed E-state index contributed by atoms with van der Waals surface area (Å²) in [5, 5.41) is 0. The zero-order valence-corrected chi connectivity index (χ0v) is 31.3. The summed E-state index contributed by atoms with van der Waals surface area (Å²) in [5.41, 5.74) is 14.6. The van der Waals surface area contributed by atoms with E-state index in [4.69, 9.17) is 19.6 Å². The van der Waals surface area contributed by atoms with E-state index in [0.717, 1.165) is 86.4 Å². The van der Waals surface area contributed by atoms with Crippen LogP contribution in [-0.2, 0) is 25.7 Å². The van der Waals surface area contributed by atoms with E-state index in [1.165, 1.54) is 35.1 Å². The molecule has 5 aliphatic rings. The van der Waals surface area contributed by atoms with Gasteiger partial charge in [0.1, 0.15) is 23.7 Å². The molecular formula is C40H54N8O4. The first kappa shape index (κ1) is 36.3. The molecule has 0 saturated carbocycles. The Hall–Kier alpha value is -4.10. The molecule has 2 saturated heterocycles. The topological polar surface area (TPSA) is 140 Å². The maximum absolute atomic E-state index is 13.6. The van der Waals surface area contributed by atoms with Crippen molar-refractivity contribution in [2.24, 2.45) is 11.8 Å². The predicted molar refractivity (Wildman–Crippen MR) is 200 cm³/mol. The van der Waals surface area contributed by atoms with Gasteiger partial charge in [-0.25, -0.2) is 9.97 Å². The van der Waals surface area contributed by atoms with Gasteiger partial charge in [-0.15, -0.1) is 0 Å². The maximum atomic E-state index is 13.6. The highest BCUT2D eigenvalue weighted by molar-refractivity contribution is 5.85. The predicted octanol–water partition coefficient (Wildman–Crippen LogP) is 5.81. The summed E-state index contributed by atoms with van der Waals surface area (Å²) in [7, 11) is 3.08. The van der Waals surface area contributed by atoms with Crippen molar-refractivity contribution in [1.29, 1.82) is 0 Å². The number of H-pyrrole nitrogens is 2. The SMILES string of the molecule is C=C(C)[C@H](NOC)C(=O)N1CCCC1c1nc2c([nH]1)CCCC1C=C(C3=CCCC(c4cnc([C@@H]5CCCN5C(=O)[C@@H](NOC)C(C)C)[nH]4)=C3)C=C21. The minimum Gasteiger partial charge on any atom is -0.344 e. The van der Waals surface area contributed by atoms with Gasteiger partial charge in [-0.2, -0.15) is 11.0 Å². The van der Waals surface area contributed by atoms with Crippen LogP contribution in [0.1, 0.15) is 113 Å². The van der Waals surface area contributed by atoms with Crippen molar-refractivity contribution in [1.82, 2.24) is 40.7 Å². The first-order chi connectivity index (χ1) is 25.2. The number of rotatable bonds is 12. The molecule has 2 fully saturated rings. The molecule has 2 aliphatic heterocycles. The first-order valence-corrected chi connectivity index (χ1v) is 19.0. The number of likely N-dealkylation sites (tertiary alicyclic amines) is 2. The number of nitrogens with one attached hydrogen (secondary N) is 4. The molecule has 2 aromatic rings. The average molecular weight is 711 g/mol. The van der Waals surface area contributed by atoms with Crippen LogP contribution in [0.4, 0.5) is 0 Å². The first-order valence-electron chi connectivity index (χ1n) is 19.0. The highest BCUT2D eigenvalue weighted by atomic mass is 16.6. The monoisotopic (exact) mass is 710 g/mol. The average Bonchev–Trinajstić information content (AvgIpc) is 3.98. The number of amides is 2. The van der Waals surface area contributed by atoms with Crippen molar-refractivity contribution in [3.63, 3.8) is 0 Å². The smallest absolute Gasteiger partial charge is 0.246 e. The van der Waals surface area contributed by atoms with Crippen LogP contribution < -0.4 is 11.0 Å². The summed E-state index contributed by atoms with van der Waals surface area (Å²) < 4.78 is 0. The molecule has 0 aromatic carbocycles. The fraction of sp³-hybridized carbons (Fsp3) is 0.550. The lowest BCUT2D eigenvalue weighted by atomic mass is 9.93. The zero-order valence-electron chi connectivity index (χ0n) is 31.3. The largest absolute Gasteiger partial charge is 0.344 e. The lowest BCUT2D eigenvalue weighted by Gasteiger charge is -2.29. The van der Waals surface area contributed by atoms with Crippen LogP contribution in [-0.4, -0.2) is 80.9 Å². The number of imidazole rings is 2. The molecule has 2 aromatic heterocycles. The maximum Gasteiger partial charge on any atom is 0.246 e. The number of carbonyl (C=O) groups excluding carboxylic acids is 2. The molecule has 7 rings (SSSR count). The second-order valence-electron chi connectivity index (χ2n) is 15.2. The van der Waals surface area contributed by atoms with Crippen LogP contribution in [0.5, 0.6) is 0 Å². The number of aromatic amines is 2. The Bertz CT molecular complexity index is 1810. The summed E-state index contributed by atoms with van der Waals surface area (Å²) in [5.74, 6) is 2.14. The third-order valence-corrected chi connectivity index (χ3v) is 11.3. The van der Waals surface area contributed by atoms with Gasteiger partial charge >= 0.3 is 0 Å². The lowest BCUT2D eigenvalue weighted by Crippen LogP contribution is -2.48. The van der Waals surface area contributed by atoms with Crippen molar-refractivity contribution in [3.8, 4) is 0 Å². The number of hydroxylamine groups is 2. The highest BCUT2D eigenvalue weighted by Crippen LogP contribution is 2.44. The highest BCUT2D eigenvalue weighted by Gasteiger charge is 2.39. The number of allylic oxidation sites excluding steroid dienone is 8. The third-order valence-electron chi connectivity index (χ3n) is 11.3. The number of hydrogen-bond donors (Lipinski definition) is 4. The second-order valence-corrected chi connectivity index (χ2v) is 15.2. The van der Waals surface area contributed by atoms with Crippen LogP contribution in [0.3, 0.4) is 0 Å². The van der Waals surface area contributed by atoms with Crippen LogP contribution in [0, 0.1) is 11.8 Å². The fourth-order valence-electron chi connectivity index (χ4n) is 8.63. The molecule has 12 nitrogen and oxygen atoms in total. The molecule has 2 unspecified atom stereocenters. The van der Waals surface area contributed by atoms with Crippen LogP contribution in [0.2, 0.25) is 0 Å².